The van der Waals surface area contributed by atoms with E-state index in [0.29, 0.717) is 67.3 Å². The second-order valence-corrected chi connectivity index (χ2v) is 37.2. The average molecular weight is 1720 g/mol. The van der Waals surface area contributed by atoms with Crippen molar-refractivity contribution in [3.63, 3.8) is 0 Å². The number of hydrogen-bond acceptors (Lipinski definition) is 17. The van der Waals surface area contributed by atoms with Crippen molar-refractivity contribution in [2.45, 2.75) is 245 Å². The monoisotopic (exact) mass is 1720 g/mol. The number of aliphatic hydroxyl groups excluding tert-OH is 1. The number of fused-ring (bicyclic) bond motifs is 9. The van der Waals surface area contributed by atoms with E-state index in [2.05, 4.69) is 150 Å². The van der Waals surface area contributed by atoms with Crippen LogP contribution in [0.2, 0.25) is 0 Å². The van der Waals surface area contributed by atoms with Crippen molar-refractivity contribution in [1.29, 1.82) is 0 Å². The summed E-state index contributed by atoms with van der Waals surface area (Å²) < 4.78 is 0. The SMILES string of the molecule is C/C=C/c1ccc2c(c1)CCN2C1CCN(C(C)=O)CC1.CC(=O)N1CCC(N2CCc3c2ccc2c3C(=O)CC2)CC1.CC(=O)N1CCC(N2CCc3cc(CCCOO)ccc32)CC1.CC(=O)N1CCC(N2CCc3cc(CO)ccc32)CC1.CC(=O)N1CCC(N2CCc3cc4c(cc32)C(=O)CC4)CC1.CC(=O)N1CCC(N2CCc3ccccc32)CC1. The highest BCUT2D eigenvalue weighted by Gasteiger charge is 2.39. The van der Waals surface area contributed by atoms with Gasteiger partial charge in [0.2, 0.25) is 35.4 Å². The molecule has 6 aromatic rings. The van der Waals surface area contributed by atoms with E-state index in [1.54, 1.807) is 41.5 Å². The number of likely N-dealkylation sites (tertiary alicyclic amines) is 6. The van der Waals surface area contributed by atoms with Gasteiger partial charge in [0.1, 0.15) is 0 Å². The van der Waals surface area contributed by atoms with E-state index < -0.39 is 0 Å². The molecule has 2 aliphatic carbocycles. The molecule has 0 bridgehead atoms. The number of para-hydroxylation sites is 1. The summed E-state index contributed by atoms with van der Waals surface area (Å²) in [6, 6.07) is 40.7. The summed E-state index contributed by atoms with van der Waals surface area (Å²) in [6.07, 6.45) is 28.5. The Balaban J connectivity index is 0.000000117. The van der Waals surface area contributed by atoms with Crippen LogP contribution in [0.15, 0.2) is 109 Å². The van der Waals surface area contributed by atoms with Crippen LogP contribution in [0.3, 0.4) is 0 Å². The van der Waals surface area contributed by atoms with Crippen LogP contribution in [0.5, 0.6) is 0 Å². The maximum atomic E-state index is 12.2. The van der Waals surface area contributed by atoms with Gasteiger partial charge in [0.25, 0.3) is 0 Å². The number of Topliss-reactive ketones (excluding diaryl/α,β-unsaturated/α-hetero) is 2. The molecule has 126 heavy (non-hydrogen) atoms. The molecule has 20 rings (SSSR count). The third-order valence-corrected chi connectivity index (χ3v) is 29.8. The first-order chi connectivity index (χ1) is 61.1. The van der Waals surface area contributed by atoms with Crippen molar-refractivity contribution >= 4 is 87.2 Å². The zero-order valence-corrected chi connectivity index (χ0v) is 76.0. The molecule has 0 unspecified atom stereocenters. The molecule has 0 radical (unpaired) electrons. The lowest BCUT2D eigenvalue weighted by Crippen LogP contribution is -2.45. The fraction of sp³-hybridized carbons (Fsp3) is 0.553. The molecule has 12 heterocycles. The number of allylic oxidation sites excluding steroid dienone is 1. The minimum Gasteiger partial charge on any atom is -0.392 e. The van der Waals surface area contributed by atoms with Crippen molar-refractivity contribution in [3.8, 4) is 0 Å². The Kier molecular flexibility index (Phi) is 30.1. The van der Waals surface area contributed by atoms with Gasteiger partial charge in [-0.2, -0.15) is 0 Å². The summed E-state index contributed by atoms with van der Waals surface area (Å²) in [5, 5.41) is 17.6. The average Bonchev–Trinajstić information content (AvgIpc) is 1.62. The fourth-order valence-corrected chi connectivity index (χ4v) is 22.7. The molecule has 0 spiro atoms. The van der Waals surface area contributed by atoms with Gasteiger partial charge < -0.3 is 63.9 Å². The second kappa shape index (κ2) is 41.8. The van der Waals surface area contributed by atoms with Gasteiger partial charge in [-0.15, -0.1) is 0 Å². The Bertz CT molecular complexity index is 4890. The second-order valence-electron chi connectivity index (χ2n) is 37.2. The maximum Gasteiger partial charge on any atom is 0.219 e. The number of nitrogens with zero attached hydrogens (tertiary/aromatic N) is 12. The number of hydrogen-bond donors (Lipinski definition) is 2. The number of carbonyl (C=O) groups excluding carboxylic acids is 8. The maximum absolute atomic E-state index is 12.2. The Morgan fingerprint density at radius 2 is 0.690 bits per heavy atom. The molecular weight excluding hydrogens is 1580 g/mol. The van der Waals surface area contributed by atoms with Gasteiger partial charge in [0.05, 0.1) is 13.2 Å². The zero-order valence-electron chi connectivity index (χ0n) is 76.0. The molecule has 6 aromatic carbocycles. The lowest BCUT2D eigenvalue weighted by atomic mass is 9.99. The van der Waals surface area contributed by atoms with Gasteiger partial charge in [0, 0.05) is 254 Å². The van der Waals surface area contributed by atoms with Gasteiger partial charge in [-0.25, -0.2) is 4.89 Å². The Labute approximate surface area is 746 Å². The number of piperidine rings is 6. The number of ketones is 2. The van der Waals surface area contributed by atoms with Gasteiger partial charge in [-0.05, 0) is 252 Å². The largest absolute Gasteiger partial charge is 0.392 e. The predicted octanol–water partition coefficient (Wildman–Crippen LogP) is 13.6. The molecule has 6 saturated heterocycles. The molecule has 12 aliphatic heterocycles. The standard InChI is InChI=1S/C18H26N2O3.2C18H22N2O2.C18H24N2O.C16H22N2O2.C15H20N2O/c1-14(21)19-9-7-17(8-10-19)20-11-6-16-13-15(3-2-12-23-22)4-5-18(16)20;1-12(21)19-9-6-14(7-10-19)20-11-8-15-16(20)4-2-13-3-5-17(22)18(13)15;1-12(21)19-7-5-15(6-8-19)20-9-4-14-10-13-2-3-18(22)16(13)11-17(14)20;1-3-4-15-5-6-18-16(13-15)7-12-20(18)17-8-10-19(11-9-17)14(2)21;1-12(20)17-7-5-15(6-8-17)18-9-4-14-10-13(11-19)2-3-16(14)18;1-12(18)16-9-7-14(8-10-16)17-11-6-13-4-2-3-5-15(13)17/h4-5,13,17,22H,2-3,6-12H2,1H3;2,4,14H,3,5-11H2,1H3;10-11,15H,2-9H2,1H3;3-6,13,17H,7-12H2,1-2H3;2-3,10,15,19H,4-9,11H2,1H3;2-5,14H,6-11H2,1H3/b;;;4-3+;;. The molecule has 674 valence electrons. The van der Waals surface area contributed by atoms with E-state index >= 15 is 0 Å². The van der Waals surface area contributed by atoms with Crippen molar-refractivity contribution in [1.82, 2.24) is 29.4 Å². The Morgan fingerprint density at radius 3 is 1.12 bits per heavy atom. The highest BCUT2D eigenvalue weighted by atomic mass is 17.1. The summed E-state index contributed by atoms with van der Waals surface area (Å²) in [5.74, 6) is 1.82. The molecular formula is C103H136N12O11. The van der Waals surface area contributed by atoms with Crippen LogP contribution in [0.1, 0.15) is 227 Å². The number of aryl methyl sites for hydroxylation is 3. The van der Waals surface area contributed by atoms with E-state index in [4.69, 9.17) is 5.26 Å². The Hall–Kier alpha value is -10.1. The lowest BCUT2D eigenvalue weighted by molar-refractivity contribution is -0.242. The molecule has 23 nitrogen and oxygen atoms in total. The topological polar surface area (TPSA) is 225 Å². The van der Waals surface area contributed by atoms with Crippen molar-refractivity contribution in [2.24, 2.45) is 0 Å². The number of rotatable bonds is 12. The van der Waals surface area contributed by atoms with E-state index in [1.807, 2.05) is 35.5 Å². The first-order valence-electron chi connectivity index (χ1n) is 47.5. The fourth-order valence-electron chi connectivity index (χ4n) is 22.7. The minimum absolute atomic E-state index is 0.115. The number of amides is 6. The number of aliphatic hydroxyl groups is 1. The first kappa shape index (κ1) is 90.7. The summed E-state index contributed by atoms with van der Waals surface area (Å²) >= 11 is 0. The van der Waals surface area contributed by atoms with Crippen LogP contribution in [0, 0.1) is 0 Å². The summed E-state index contributed by atoms with van der Waals surface area (Å²) in [6.45, 7) is 29.6. The van der Waals surface area contributed by atoms with Crippen LogP contribution in [-0.2, 0) is 98.0 Å². The minimum atomic E-state index is 0.115. The molecule has 0 atom stereocenters. The molecule has 6 fully saturated rings. The lowest BCUT2D eigenvalue weighted by Gasteiger charge is -2.37. The van der Waals surface area contributed by atoms with E-state index in [1.165, 1.54) is 96.2 Å². The molecule has 2 N–H and O–H groups in total. The van der Waals surface area contributed by atoms with Crippen molar-refractivity contribution in [2.75, 3.05) is 154 Å². The smallest absolute Gasteiger partial charge is 0.219 e. The van der Waals surface area contributed by atoms with Crippen molar-refractivity contribution in [3.05, 3.63) is 182 Å². The zero-order chi connectivity index (χ0) is 88.2. The summed E-state index contributed by atoms with van der Waals surface area (Å²) in [4.78, 5) is 124. The first-order valence-corrected chi connectivity index (χ1v) is 47.5. The highest BCUT2D eigenvalue weighted by molar-refractivity contribution is 6.04. The number of benzene rings is 6. The predicted molar refractivity (Wildman–Crippen MR) is 499 cm³/mol. The number of anilines is 6. The Morgan fingerprint density at radius 1 is 0.341 bits per heavy atom. The van der Waals surface area contributed by atoms with Crippen molar-refractivity contribution < 1.29 is 53.6 Å². The van der Waals surface area contributed by atoms with Crippen LogP contribution in [0.25, 0.3) is 6.08 Å². The van der Waals surface area contributed by atoms with E-state index in [0.717, 1.165) is 269 Å². The van der Waals surface area contributed by atoms with Crippen LogP contribution < -0.4 is 29.4 Å². The molecule has 6 amide bonds. The van der Waals surface area contributed by atoms with E-state index in [-0.39, 0.29) is 42.0 Å². The summed E-state index contributed by atoms with van der Waals surface area (Å²) in [7, 11) is 0. The van der Waals surface area contributed by atoms with Gasteiger partial charge >= 0.3 is 0 Å². The van der Waals surface area contributed by atoms with Crippen LogP contribution >= 0.6 is 0 Å². The van der Waals surface area contributed by atoms with Gasteiger partial charge in [-0.1, -0.05) is 72.8 Å². The van der Waals surface area contributed by atoms with Gasteiger partial charge in [0.15, 0.2) is 11.6 Å². The van der Waals surface area contributed by atoms with E-state index in [9.17, 15) is 43.5 Å². The molecule has 23 heteroatoms. The highest BCUT2D eigenvalue weighted by Crippen LogP contribution is 2.43. The third-order valence-electron chi connectivity index (χ3n) is 29.8. The molecule has 0 aromatic heterocycles. The van der Waals surface area contributed by atoms with Gasteiger partial charge in [-0.3, -0.25) is 43.6 Å². The normalized spacial score (nSPS) is 19.9. The van der Waals surface area contributed by atoms with Crippen LogP contribution in [-0.4, -0.2) is 247 Å². The molecule has 0 saturated carbocycles. The summed E-state index contributed by atoms with van der Waals surface area (Å²) in [5.41, 5.74) is 24.6. The molecule has 14 aliphatic rings. The number of carbonyl (C=O) groups is 8. The third kappa shape index (κ3) is 21.0. The van der Waals surface area contributed by atoms with Crippen LogP contribution in [0.4, 0.5) is 34.1 Å². The quantitative estimate of drug-likeness (QED) is 0.0660.